The number of rotatable bonds is 8. The molecule has 138 valence electrons. The van der Waals surface area contributed by atoms with Crippen molar-refractivity contribution in [3.8, 4) is 0 Å². The van der Waals surface area contributed by atoms with Crippen molar-refractivity contribution < 1.29 is 0 Å². The summed E-state index contributed by atoms with van der Waals surface area (Å²) in [5.41, 5.74) is 4.18. The Kier molecular flexibility index (Phi) is 5.97. The molecule has 2 unspecified atom stereocenters. The molecule has 26 heavy (non-hydrogen) atoms. The Hall–Kier alpha value is -1.87. The van der Waals surface area contributed by atoms with Gasteiger partial charge in [-0.15, -0.1) is 0 Å². The van der Waals surface area contributed by atoms with Crippen LogP contribution in [0.3, 0.4) is 0 Å². The zero-order valence-corrected chi connectivity index (χ0v) is 17.7. The highest BCUT2D eigenvalue weighted by Gasteiger charge is 2.35. The first-order chi connectivity index (χ1) is 12.4. The van der Waals surface area contributed by atoms with Gasteiger partial charge in [0, 0.05) is 13.8 Å². The molecule has 0 radical (unpaired) electrons. The minimum atomic E-state index is -1.10. The van der Waals surface area contributed by atoms with Gasteiger partial charge in [0.25, 0.3) is 0 Å². The standard InChI is InChI=1S/C23H32N2Si/c1-19(18-26(2,3)4)22(16-15-20-11-7-5-8-12-20)24-25-17-23(25)21-13-9-6-10-14-21/h5-14,19,23H,15-18H2,1-4H3/b24-22+. The average Bonchev–Trinajstić information content (AvgIpc) is 3.38. The van der Waals surface area contributed by atoms with Crippen molar-refractivity contribution in [3.63, 3.8) is 0 Å². The summed E-state index contributed by atoms with van der Waals surface area (Å²) in [6.07, 6.45) is 2.15. The SMILES string of the molecule is CC(C[Si](C)(C)C)/C(CCc1ccccc1)=N/N1CC1c1ccccc1. The third-order valence-electron chi connectivity index (χ3n) is 5.03. The minimum Gasteiger partial charge on any atom is -0.285 e. The first-order valence-electron chi connectivity index (χ1n) is 9.85. The van der Waals surface area contributed by atoms with Crippen molar-refractivity contribution in [2.75, 3.05) is 6.54 Å². The Balaban J connectivity index is 1.70. The number of hydrogen-bond donors (Lipinski definition) is 0. The molecular weight excluding hydrogens is 332 g/mol. The van der Waals surface area contributed by atoms with E-state index in [1.807, 2.05) is 0 Å². The number of benzene rings is 2. The van der Waals surface area contributed by atoms with Crippen LogP contribution in [0.2, 0.25) is 25.7 Å². The molecule has 1 fully saturated rings. The zero-order valence-electron chi connectivity index (χ0n) is 16.7. The molecule has 0 saturated carbocycles. The average molecular weight is 365 g/mol. The van der Waals surface area contributed by atoms with Crippen LogP contribution in [0.25, 0.3) is 0 Å². The molecule has 0 aliphatic carbocycles. The molecule has 2 aromatic carbocycles. The molecule has 0 N–H and O–H groups in total. The third-order valence-corrected chi connectivity index (χ3v) is 6.86. The van der Waals surface area contributed by atoms with Gasteiger partial charge >= 0.3 is 0 Å². The summed E-state index contributed by atoms with van der Waals surface area (Å²) < 4.78 is 0. The van der Waals surface area contributed by atoms with Crippen LogP contribution < -0.4 is 0 Å². The molecule has 0 amide bonds. The van der Waals surface area contributed by atoms with Gasteiger partial charge in [0.1, 0.15) is 0 Å². The quantitative estimate of drug-likeness (QED) is 0.318. The highest BCUT2D eigenvalue weighted by Crippen LogP contribution is 2.35. The minimum absolute atomic E-state index is 0.474. The van der Waals surface area contributed by atoms with E-state index in [2.05, 4.69) is 92.2 Å². The lowest BCUT2D eigenvalue weighted by Crippen LogP contribution is -2.27. The maximum atomic E-state index is 5.12. The fourth-order valence-corrected chi connectivity index (χ4v) is 5.78. The fourth-order valence-electron chi connectivity index (χ4n) is 3.71. The molecule has 2 aromatic rings. The molecule has 3 heteroatoms. The second kappa shape index (κ2) is 8.21. The van der Waals surface area contributed by atoms with Gasteiger partial charge in [-0.05, 0) is 35.9 Å². The van der Waals surface area contributed by atoms with E-state index in [-0.39, 0.29) is 0 Å². The Labute approximate surface area is 160 Å². The molecule has 2 atom stereocenters. The molecule has 1 saturated heterocycles. The summed E-state index contributed by atoms with van der Waals surface area (Å²) in [6.45, 7) is 10.8. The first kappa shape index (κ1) is 18.9. The van der Waals surface area contributed by atoms with E-state index in [1.54, 1.807) is 0 Å². The predicted molar refractivity (Wildman–Crippen MR) is 115 cm³/mol. The van der Waals surface area contributed by atoms with Gasteiger partial charge in [-0.2, -0.15) is 5.10 Å². The monoisotopic (exact) mass is 364 g/mol. The van der Waals surface area contributed by atoms with Crippen molar-refractivity contribution in [2.24, 2.45) is 11.0 Å². The van der Waals surface area contributed by atoms with Gasteiger partial charge in [0.15, 0.2) is 0 Å². The summed E-state index contributed by atoms with van der Waals surface area (Å²) >= 11 is 0. The summed E-state index contributed by atoms with van der Waals surface area (Å²) in [5.74, 6) is 0.572. The highest BCUT2D eigenvalue weighted by molar-refractivity contribution is 6.76. The van der Waals surface area contributed by atoms with Crippen LogP contribution in [-0.4, -0.2) is 25.3 Å². The van der Waals surface area contributed by atoms with Crippen LogP contribution in [0.15, 0.2) is 65.8 Å². The Bertz CT molecular complexity index is 719. The maximum absolute atomic E-state index is 5.12. The van der Waals surface area contributed by atoms with Crippen molar-refractivity contribution in [3.05, 3.63) is 71.8 Å². The van der Waals surface area contributed by atoms with Gasteiger partial charge in [0.05, 0.1) is 12.6 Å². The van der Waals surface area contributed by atoms with E-state index in [9.17, 15) is 0 Å². The highest BCUT2D eigenvalue weighted by atomic mass is 28.3. The van der Waals surface area contributed by atoms with Crippen LogP contribution in [0.1, 0.15) is 30.5 Å². The van der Waals surface area contributed by atoms with E-state index >= 15 is 0 Å². The van der Waals surface area contributed by atoms with Crippen LogP contribution in [0, 0.1) is 5.92 Å². The van der Waals surface area contributed by atoms with E-state index in [1.165, 1.54) is 22.9 Å². The lowest BCUT2D eigenvalue weighted by molar-refractivity contribution is 0.541. The Morgan fingerprint density at radius 1 is 1.04 bits per heavy atom. The normalized spacial score (nSPS) is 18.7. The molecule has 1 aliphatic rings. The van der Waals surface area contributed by atoms with Crippen LogP contribution in [0.4, 0.5) is 0 Å². The lowest BCUT2D eigenvalue weighted by atomic mass is 10.00. The van der Waals surface area contributed by atoms with Crippen LogP contribution in [-0.2, 0) is 6.42 Å². The van der Waals surface area contributed by atoms with E-state index in [0.29, 0.717) is 12.0 Å². The summed E-state index contributed by atoms with van der Waals surface area (Å²) in [4.78, 5) is 0. The first-order valence-corrected chi connectivity index (χ1v) is 13.6. The van der Waals surface area contributed by atoms with E-state index in [4.69, 9.17) is 5.10 Å². The molecule has 0 spiro atoms. The molecule has 1 aliphatic heterocycles. The van der Waals surface area contributed by atoms with Gasteiger partial charge in [-0.3, -0.25) is 5.01 Å². The van der Waals surface area contributed by atoms with Crippen LogP contribution in [0.5, 0.6) is 0 Å². The Morgan fingerprint density at radius 2 is 1.65 bits per heavy atom. The zero-order chi connectivity index (χ0) is 18.6. The Morgan fingerprint density at radius 3 is 2.27 bits per heavy atom. The number of hydrazone groups is 1. The van der Waals surface area contributed by atoms with Crippen molar-refractivity contribution in [1.82, 2.24) is 5.01 Å². The smallest absolute Gasteiger partial charge is 0.0912 e. The molecule has 3 rings (SSSR count). The van der Waals surface area contributed by atoms with Gasteiger partial charge < -0.3 is 0 Å². The summed E-state index contributed by atoms with van der Waals surface area (Å²) in [5, 5.41) is 7.39. The topological polar surface area (TPSA) is 15.4 Å². The number of nitrogens with zero attached hydrogens (tertiary/aromatic N) is 2. The number of hydrogen-bond acceptors (Lipinski definition) is 2. The summed E-state index contributed by atoms with van der Waals surface area (Å²) in [6, 6.07) is 23.4. The summed E-state index contributed by atoms with van der Waals surface area (Å²) in [7, 11) is -1.10. The number of aryl methyl sites for hydroxylation is 1. The van der Waals surface area contributed by atoms with Gasteiger partial charge in [0.2, 0.25) is 0 Å². The molecule has 2 nitrogen and oxygen atoms in total. The second-order valence-corrected chi connectivity index (χ2v) is 14.3. The largest absolute Gasteiger partial charge is 0.285 e. The molecular formula is C23H32N2Si. The molecule has 0 bridgehead atoms. The van der Waals surface area contributed by atoms with Gasteiger partial charge in [-0.1, -0.05) is 87.2 Å². The van der Waals surface area contributed by atoms with Crippen molar-refractivity contribution >= 4 is 13.8 Å². The predicted octanol–water partition coefficient (Wildman–Crippen LogP) is 6.01. The molecule has 0 aromatic heterocycles. The maximum Gasteiger partial charge on any atom is 0.0912 e. The fraction of sp³-hybridized carbons (Fsp3) is 0.435. The van der Waals surface area contributed by atoms with Crippen molar-refractivity contribution in [1.29, 1.82) is 0 Å². The second-order valence-electron chi connectivity index (χ2n) is 8.79. The van der Waals surface area contributed by atoms with Crippen LogP contribution >= 0.6 is 0 Å². The van der Waals surface area contributed by atoms with E-state index in [0.717, 1.165) is 19.4 Å². The van der Waals surface area contributed by atoms with Gasteiger partial charge in [-0.25, -0.2) is 0 Å². The lowest BCUT2D eigenvalue weighted by Gasteiger charge is -2.23. The van der Waals surface area contributed by atoms with Crippen molar-refractivity contribution in [2.45, 2.75) is 51.5 Å². The van der Waals surface area contributed by atoms with E-state index < -0.39 is 8.07 Å². The molecule has 1 heterocycles. The third kappa shape index (κ3) is 5.57.